The van der Waals surface area contributed by atoms with Crippen LogP contribution in [0, 0.1) is 0 Å². The molecule has 11 heavy (non-hydrogen) atoms. The zero-order valence-electron chi connectivity index (χ0n) is 6.42. The minimum atomic E-state index is 0.695. The number of alkyl halides is 1. The van der Waals surface area contributed by atoms with Crippen LogP contribution >= 0.6 is 15.9 Å². The molecule has 3 nitrogen and oxygen atoms in total. The highest BCUT2D eigenvalue weighted by atomic mass is 79.9. The van der Waals surface area contributed by atoms with Crippen LogP contribution in [0.25, 0.3) is 0 Å². The summed E-state index contributed by atoms with van der Waals surface area (Å²) >= 11 is 3.37. The summed E-state index contributed by atoms with van der Waals surface area (Å²) < 4.78 is 2.09. The predicted molar refractivity (Wildman–Crippen MR) is 45.6 cm³/mol. The molecule has 2 rings (SSSR count). The van der Waals surface area contributed by atoms with E-state index in [4.69, 9.17) is 0 Å². The Morgan fingerprint density at radius 2 is 2.27 bits per heavy atom. The minimum absolute atomic E-state index is 0.695. The molecule has 0 unspecified atom stereocenters. The van der Waals surface area contributed by atoms with Gasteiger partial charge in [0.05, 0.1) is 5.33 Å². The van der Waals surface area contributed by atoms with Crippen LogP contribution in [-0.4, -0.2) is 14.8 Å². The Balaban J connectivity index is 2.33. The first-order chi connectivity index (χ1) is 5.33. The molecule has 1 aliphatic rings. The number of nitrogens with zero attached hydrogens (tertiary/aromatic N) is 3. The first kappa shape index (κ1) is 7.28. The van der Waals surface area contributed by atoms with E-state index < -0.39 is 0 Å². The van der Waals surface area contributed by atoms with E-state index in [1.54, 1.807) is 0 Å². The van der Waals surface area contributed by atoms with E-state index in [0.29, 0.717) is 5.92 Å². The highest BCUT2D eigenvalue weighted by molar-refractivity contribution is 9.08. The standard InChI is InChI=1S/C7H10BrN3/c1-11-6(4-8)9-10-7(11)5-2-3-5/h5H,2-4H2,1H3. The molecule has 1 aliphatic carbocycles. The summed E-state index contributed by atoms with van der Waals surface area (Å²) in [6.45, 7) is 0. The van der Waals surface area contributed by atoms with Gasteiger partial charge < -0.3 is 4.57 Å². The number of halogens is 1. The molecule has 1 heterocycles. The normalized spacial score (nSPS) is 17.3. The molecule has 0 atom stereocenters. The van der Waals surface area contributed by atoms with Gasteiger partial charge in [-0.1, -0.05) is 15.9 Å². The average Bonchev–Trinajstić information content (AvgIpc) is 2.77. The van der Waals surface area contributed by atoms with Crippen molar-refractivity contribution in [2.24, 2.45) is 7.05 Å². The molecule has 1 aromatic rings. The zero-order chi connectivity index (χ0) is 7.84. The molecule has 0 aromatic carbocycles. The Labute approximate surface area is 73.9 Å². The largest absolute Gasteiger partial charge is 0.317 e. The van der Waals surface area contributed by atoms with Gasteiger partial charge in [-0.2, -0.15) is 0 Å². The van der Waals surface area contributed by atoms with Gasteiger partial charge in [-0.15, -0.1) is 10.2 Å². The van der Waals surface area contributed by atoms with E-state index in [9.17, 15) is 0 Å². The summed E-state index contributed by atoms with van der Waals surface area (Å²) in [4.78, 5) is 0. The molecule has 1 fully saturated rings. The molecule has 0 amide bonds. The first-order valence-corrected chi connectivity index (χ1v) is 4.89. The quantitative estimate of drug-likeness (QED) is 0.702. The maximum absolute atomic E-state index is 4.13. The molecule has 0 N–H and O–H groups in total. The van der Waals surface area contributed by atoms with Crippen molar-refractivity contribution < 1.29 is 0 Å². The van der Waals surface area contributed by atoms with Gasteiger partial charge >= 0.3 is 0 Å². The predicted octanol–water partition coefficient (Wildman–Crippen LogP) is 1.59. The topological polar surface area (TPSA) is 30.7 Å². The van der Waals surface area contributed by atoms with Crippen LogP contribution in [0.5, 0.6) is 0 Å². The monoisotopic (exact) mass is 215 g/mol. The lowest BCUT2D eigenvalue weighted by Crippen LogP contribution is -1.98. The summed E-state index contributed by atoms with van der Waals surface area (Å²) in [5.41, 5.74) is 0. The summed E-state index contributed by atoms with van der Waals surface area (Å²) in [5, 5.41) is 8.99. The molecule has 1 aromatic heterocycles. The fourth-order valence-electron chi connectivity index (χ4n) is 1.19. The van der Waals surface area contributed by atoms with Gasteiger partial charge in [-0.25, -0.2) is 0 Å². The number of hydrogen-bond donors (Lipinski definition) is 0. The number of rotatable bonds is 2. The number of hydrogen-bond acceptors (Lipinski definition) is 2. The average molecular weight is 216 g/mol. The molecule has 0 bridgehead atoms. The van der Waals surface area contributed by atoms with Crippen LogP contribution in [-0.2, 0) is 12.4 Å². The lowest BCUT2D eigenvalue weighted by Gasteiger charge is -1.98. The van der Waals surface area contributed by atoms with Gasteiger partial charge in [0.1, 0.15) is 11.6 Å². The van der Waals surface area contributed by atoms with Crippen LogP contribution in [0.3, 0.4) is 0 Å². The molecule has 0 saturated heterocycles. The van der Waals surface area contributed by atoms with Gasteiger partial charge in [-0.3, -0.25) is 0 Å². The van der Waals surface area contributed by atoms with Crippen LogP contribution in [0.4, 0.5) is 0 Å². The van der Waals surface area contributed by atoms with E-state index in [2.05, 4.69) is 30.7 Å². The lowest BCUT2D eigenvalue weighted by molar-refractivity contribution is 0.775. The maximum Gasteiger partial charge on any atom is 0.143 e. The van der Waals surface area contributed by atoms with Gasteiger partial charge in [0.2, 0.25) is 0 Å². The van der Waals surface area contributed by atoms with Crippen molar-refractivity contribution in [3.8, 4) is 0 Å². The van der Waals surface area contributed by atoms with Gasteiger partial charge in [0.15, 0.2) is 0 Å². The summed E-state index contributed by atoms with van der Waals surface area (Å²) in [7, 11) is 2.03. The summed E-state index contributed by atoms with van der Waals surface area (Å²) in [6.07, 6.45) is 2.57. The molecule has 4 heteroatoms. The fourth-order valence-corrected chi connectivity index (χ4v) is 1.68. The van der Waals surface area contributed by atoms with E-state index in [0.717, 1.165) is 17.0 Å². The van der Waals surface area contributed by atoms with Crippen molar-refractivity contribution in [3.63, 3.8) is 0 Å². The molecule has 0 radical (unpaired) electrons. The van der Waals surface area contributed by atoms with Crippen molar-refractivity contribution in [1.82, 2.24) is 14.8 Å². The highest BCUT2D eigenvalue weighted by Gasteiger charge is 2.28. The van der Waals surface area contributed by atoms with Crippen molar-refractivity contribution >= 4 is 15.9 Å². The summed E-state index contributed by atoms with van der Waals surface area (Å²) in [6, 6.07) is 0. The minimum Gasteiger partial charge on any atom is -0.317 e. The third-order valence-electron chi connectivity index (χ3n) is 2.06. The van der Waals surface area contributed by atoms with E-state index in [-0.39, 0.29) is 0 Å². The van der Waals surface area contributed by atoms with Gasteiger partial charge in [0, 0.05) is 13.0 Å². The smallest absolute Gasteiger partial charge is 0.143 e. The van der Waals surface area contributed by atoms with Crippen LogP contribution < -0.4 is 0 Å². The van der Waals surface area contributed by atoms with Crippen LogP contribution in [0.2, 0.25) is 0 Å². The molecule has 0 spiro atoms. The Morgan fingerprint density at radius 3 is 2.73 bits per heavy atom. The van der Waals surface area contributed by atoms with Crippen molar-refractivity contribution in [3.05, 3.63) is 11.6 Å². The second kappa shape index (κ2) is 2.59. The third kappa shape index (κ3) is 1.20. The highest BCUT2D eigenvalue weighted by Crippen LogP contribution is 2.38. The molecule has 60 valence electrons. The second-order valence-electron chi connectivity index (χ2n) is 2.94. The summed E-state index contributed by atoms with van der Waals surface area (Å²) in [5.74, 6) is 2.87. The Hall–Kier alpha value is -0.380. The fraction of sp³-hybridized carbons (Fsp3) is 0.714. The van der Waals surface area contributed by atoms with Crippen molar-refractivity contribution in [2.75, 3.05) is 0 Å². The van der Waals surface area contributed by atoms with Gasteiger partial charge in [0.25, 0.3) is 0 Å². The van der Waals surface area contributed by atoms with E-state index >= 15 is 0 Å². The first-order valence-electron chi connectivity index (χ1n) is 3.77. The molecule has 1 saturated carbocycles. The van der Waals surface area contributed by atoms with Gasteiger partial charge in [-0.05, 0) is 12.8 Å². The molecular weight excluding hydrogens is 206 g/mol. The Morgan fingerprint density at radius 1 is 1.55 bits per heavy atom. The van der Waals surface area contributed by atoms with Crippen LogP contribution in [0.15, 0.2) is 0 Å². The Bertz CT molecular complexity index is 265. The zero-order valence-corrected chi connectivity index (χ0v) is 8.00. The molecular formula is C7H10BrN3. The van der Waals surface area contributed by atoms with Crippen molar-refractivity contribution in [1.29, 1.82) is 0 Å². The van der Waals surface area contributed by atoms with E-state index in [1.807, 2.05) is 7.05 Å². The Kier molecular flexibility index (Phi) is 1.71. The SMILES string of the molecule is Cn1c(CBr)nnc1C1CC1. The maximum atomic E-state index is 4.13. The second-order valence-corrected chi connectivity index (χ2v) is 3.50. The lowest BCUT2D eigenvalue weighted by atomic mass is 10.4. The molecule has 0 aliphatic heterocycles. The van der Waals surface area contributed by atoms with Crippen molar-refractivity contribution in [2.45, 2.75) is 24.1 Å². The third-order valence-corrected chi connectivity index (χ3v) is 2.56. The van der Waals surface area contributed by atoms with E-state index in [1.165, 1.54) is 12.8 Å². The number of aromatic nitrogens is 3. The van der Waals surface area contributed by atoms with Crippen LogP contribution in [0.1, 0.15) is 30.4 Å².